The minimum absolute atomic E-state index is 0.440. The number of aliphatic hydroxyl groups is 1. The average molecular weight is 264 g/mol. The van der Waals surface area contributed by atoms with Crippen molar-refractivity contribution in [3.8, 4) is 5.75 Å². The van der Waals surface area contributed by atoms with Crippen LogP contribution in [0.1, 0.15) is 17.2 Å². The maximum absolute atomic E-state index is 10.1. The Morgan fingerprint density at radius 1 is 1.39 bits per heavy atom. The van der Waals surface area contributed by atoms with Crippen molar-refractivity contribution in [3.63, 3.8) is 0 Å². The molecule has 1 unspecified atom stereocenters. The minimum Gasteiger partial charge on any atom is -0.496 e. The molecule has 1 aromatic heterocycles. The summed E-state index contributed by atoms with van der Waals surface area (Å²) in [4.78, 5) is 3.99. The molecule has 2 rings (SSSR count). The lowest BCUT2D eigenvalue weighted by Crippen LogP contribution is -2.03. The molecule has 0 aliphatic heterocycles. The van der Waals surface area contributed by atoms with Crippen LogP contribution in [0.25, 0.3) is 0 Å². The van der Waals surface area contributed by atoms with Gasteiger partial charge in [-0.25, -0.2) is 0 Å². The van der Waals surface area contributed by atoms with E-state index in [-0.39, 0.29) is 0 Å². The van der Waals surface area contributed by atoms with E-state index in [0.29, 0.717) is 11.4 Å². The molecule has 0 bridgehead atoms. The van der Waals surface area contributed by atoms with E-state index in [1.807, 2.05) is 6.07 Å². The molecule has 0 aliphatic carbocycles. The first kappa shape index (κ1) is 12.9. The average Bonchev–Trinajstić information content (AvgIpc) is 2.40. The molecule has 1 N–H and O–H groups in total. The summed E-state index contributed by atoms with van der Waals surface area (Å²) in [6, 6.07) is 9.01. The second kappa shape index (κ2) is 5.85. The van der Waals surface area contributed by atoms with Crippen LogP contribution in [0.2, 0.25) is 5.02 Å². The van der Waals surface area contributed by atoms with Crippen molar-refractivity contribution in [1.82, 2.24) is 4.98 Å². The number of methoxy groups -OCH3 is 1. The highest BCUT2D eigenvalue weighted by molar-refractivity contribution is 6.30. The summed E-state index contributed by atoms with van der Waals surface area (Å²) in [6.45, 7) is 0. The van der Waals surface area contributed by atoms with Gasteiger partial charge in [0.1, 0.15) is 5.75 Å². The van der Waals surface area contributed by atoms with E-state index < -0.39 is 6.10 Å². The first-order valence-electron chi connectivity index (χ1n) is 5.61. The van der Waals surface area contributed by atoms with Crippen molar-refractivity contribution in [2.24, 2.45) is 0 Å². The molecule has 0 radical (unpaired) electrons. The van der Waals surface area contributed by atoms with Crippen LogP contribution in [0.4, 0.5) is 0 Å². The lowest BCUT2D eigenvalue weighted by Gasteiger charge is -2.13. The Bertz CT molecular complexity index is 516. The maximum atomic E-state index is 10.1. The number of nitrogens with zero attached hydrogens (tertiary/aromatic N) is 1. The highest BCUT2D eigenvalue weighted by Crippen LogP contribution is 2.27. The third-order valence-electron chi connectivity index (χ3n) is 2.72. The molecular weight excluding hydrogens is 250 g/mol. The van der Waals surface area contributed by atoms with Crippen molar-refractivity contribution in [3.05, 3.63) is 58.9 Å². The number of aromatic nitrogens is 1. The Morgan fingerprint density at radius 3 is 2.89 bits per heavy atom. The van der Waals surface area contributed by atoms with Crippen LogP contribution >= 0.6 is 11.6 Å². The minimum atomic E-state index is -0.619. The number of ether oxygens (including phenoxy) is 1. The van der Waals surface area contributed by atoms with Gasteiger partial charge in [0, 0.05) is 23.8 Å². The van der Waals surface area contributed by atoms with Crippen LogP contribution in [-0.4, -0.2) is 17.2 Å². The topological polar surface area (TPSA) is 42.4 Å². The van der Waals surface area contributed by atoms with Gasteiger partial charge >= 0.3 is 0 Å². The predicted octanol–water partition coefficient (Wildman–Crippen LogP) is 3.02. The summed E-state index contributed by atoms with van der Waals surface area (Å²) >= 11 is 5.95. The zero-order valence-electron chi connectivity index (χ0n) is 10.0. The van der Waals surface area contributed by atoms with E-state index in [1.165, 1.54) is 0 Å². The molecule has 0 fully saturated rings. The third-order valence-corrected chi connectivity index (χ3v) is 2.96. The van der Waals surface area contributed by atoms with Crippen molar-refractivity contribution in [2.75, 3.05) is 7.11 Å². The Kier molecular flexibility index (Phi) is 4.18. The van der Waals surface area contributed by atoms with Crippen LogP contribution < -0.4 is 4.74 Å². The highest BCUT2D eigenvalue weighted by Gasteiger charge is 2.12. The molecule has 4 heteroatoms. The number of rotatable bonds is 4. The van der Waals surface area contributed by atoms with Crippen molar-refractivity contribution in [2.45, 2.75) is 12.5 Å². The zero-order chi connectivity index (χ0) is 13.0. The SMILES string of the molecule is COc1ccc(Cl)cc1CC(O)c1cccnc1. The smallest absolute Gasteiger partial charge is 0.122 e. The van der Waals surface area contributed by atoms with Crippen LogP contribution in [0.3, 0.4) is 0 Å². The molecule has 1 aromatic carbocycles. The number of benzene rings is 1. The van der Waals surface area contributed by atoms with Gasteiger partial charge in [0.15, 0.2) is 0 Å². The fourth-order valence-corrected chi connectivity index (χ4v) is 2.00. The molecule has 2 aromatic rings. The molecule has 18 heavy (non-hydrogen) atoms. The van der Waals surface area contributed by atoms with E-state index in [2.05, 4.69) is 4.98 Å². The van der Waals surface area contributed by atoms with Gasteiger partial charge in [-0.05, 0) is 35.4 Å². The van der Waals surface area contributed by atoms with Crippen LogP contribution in [0.15, 0.2) is 42.7 Å². The number of halogens is 1. The first-order valence-corrected chi connectivity index (χ1v) is 5.99. The quantitative estimate of drug-likeness (QED) is 0.922. The Balaban J connectivity index is 2.21. The van der Waals surface area contributed by atoms with Crippen molar-refractivity contribution >= 4 is 11.6 Å². The van der Waals surface area contributed by atoms with E-state index in [1.54, 1.807) is 43.8 Å². The van der Waals surface area contributed by atoms with Gasteiger partial charge in [-0.2, -0.15) is 0 Å². The normalized spacial score (nSPS) is 12.2. The molecule has 94 valence electrons. The van der Waals surface area contributed by atoms with Gasteiger partial charge in [0.05, 0.1) is 13.2 Å². The summed E-state index contributed by atoms with van der Waals surface area (Å²) in [6.07, 6.45) is 3.15. The summed E-state index contributed by atoms with van der Waals surface area (Å²) in [5.41, 5.74) is 1.65. The van der Waals surface area contributed by atoms with Gasteiger partial charge in [-0.3, -0.25) is 4.98 Å². The summed E-state index contributed by atoms with van der Waals surface area (Å²) in [7, 11) is 1.60. The lowest BCUT2D eigenvalue weighted by atomic mass is 10.0. The maximum Gasteiger partial charge on any atom is 0.122 e. The van der Waals surface area contributed by atoms with Gasteiger partial charge in [-0.1, -0.05) is 17.7 Å². The molecular formula is C14H14ClNO2. The molecule has 0 saturated heterocycles. The van der Waals surface area contributed by atoms with Crippen molar-refractivity contribution < 1.29 is 9.84 Å². The molecule has 3 nitrogen and oxygen atoms in total. The molecule has 0 saturated carbocycles. The Hall–Kier alpha value is -1.58. The fourth-order valence-electron chi connectivity index (χ4n) is 1.81. The number of pyridine rings is 1. The van der Waals surface area contributed by atoms with E-state index in [4.69, 9.17) is 16.3 Å². The van der Waals surface area contributed by atoms with Gasteiger partial charge in [-0.15, -0.1) is 0 Å². The lowest BCUT2D eigenvalue weighted by molar-refractivity contribution is 0.177. The zero-order valence-corrected chi connectivity index (χ0v) is 10.8. The van der Waals surface area contributed by atoms with Gasteiger partial charge < -0.3 is 9.84 Å². The predicted molar refractivity (Wildman–Crippen MR) is 70.9 cm³/mol. The Labute approximate surface area is 111 Å². The number of aliphatic hydroxyl groups excluding tert-OH is 1. The molecule has 0 spiro atoms. The molecule has 1 atom stereocenters. The summed E-state index contributed by atoms with van der Waals surface area (Å²) < 4.78 is 5.25. The first-order chi connectivity index (χ1) is 8.70. The standard InChI is InChI=1S/C14H14ClNO2/c1-18-14-5-4-12(15)7-11(14)8-13(17)10-3-2-6-16-9-10/h2-7,9,13,17H,8H2,1H3. The fraction of sp³-hybridized carbons (Fsp3) is 0.214. The van der Waals surface area contributed by atoms with Gasteiger partial charge in [0.2, 0.25) is 0 Å². The van der Waals surface area contributed by atoms with Crippen LogP contribution in [-0.2, 0) is 6.42 Å². The number of hydrogen-bond donors (Lipinski definition) is 1. The third kappa shape index (κ3) is 3.00. The van der Waals surface area contributed by atoms with E-state index in [0.717, 1.165) is 16.9 Å². The Morgan fingerprint density at radius 2 is 2.22 bits per heavy atom. The molecule has 0 aliphatic rings. The van der Waals surface area contributed by atoms with Gasteiger partial charge in [0.25, 0.3) is 0 Å². The largest absolute Gasteiger partial charge is 0.496 e. The van der Waals surface area contributed by atoms with Crippen LogP contribution in [0.5, 0.6) is 5.75 Å². The molecule has 1 heterocycles. The monoisotopic (exact) mass is 263 g/mol. The highest BCUT2D eigenvalue weighted by atomic mass is 35.5. The number of hydrogen-bond acceptors (Lipinski definition) is 3. The van der Waals surface area contributed by atoms with Crippen molar-refractivity contribution in [1.29, 1.82) is 0 Å². The van der Waals surface area contributed by atoms with E-state index in [9.17, 15) is 5.11 Å². The summed E-state index contributed by atoms with van der Waals surface area (Å²) in [5.74, 6) is 0.724. The molecule has 0 amide bonds. The second-order valence-corrected chi connectivity index (χ2v) is 4.40. The van der Waals surface area contributed by atoms with E-state index >= 15 is 0 Å². The second-order valence-electron chi connectivity index (χ2n) is 3.96. The summed E-state index contributed by atoms with van der Waals surface area (Å²) in [5, 5.41) is 10.8. The van der Waals surface area contributed by atoms with Crippen LogP contribution in [0, 0.1) is 0 Å².